The summed E-state index contributed by atoms with van der Waals surface area (Å²) >= 11 is 1.15. The average molecular weight is 671 g/mol. The summed E-state index contributed by atoms with van der Waals surface area (Å²) in [5.41, 5.74) is 1.85. The second kappa shape index (κ2) is 13.7. The Morgan fingerprint density at radius 2 is 1.45 bits per heavy atom. The van der Waals surface area contributed by atoms with Crippen molar-refractivity contribution in [2.45, 2.75) is 29.3 Å². The van der Waals surface area contributed by atoms with Crippen molar-refractivity contribution in [2.24, 2.45) is 0 Å². The second-order valence-corrected chi connectivity index (χ2v) is 13.4. The molecule has 12 heteroatoms. The molecular weight excluding hydrogens is 641 g/mol. The summed E-state index contributed by atoms with van der Waals surface area (Å²) in [6.07, 6.45) is -0.873. The molecule has 0 spiro atoms. The summed E-state index contributed by atoms with van der Waals surface area (Å²) < 4.78 is 43.8. The Morgan fingerprint density at radius 1 is 0.872 bits per heavy atom. The summed E-state index contributed by atoms with van der Waals surface area (Å²) in [7, 11) is -4.38. The highest BCUT2D eigenvalue weighted by Gasteiger charge is 2.55. The van der Waals surface area contributed by atoms with E-state index in [2.05, 4.69) is 5.32 Å². The SMILES string of the molecule is Cc1ccc(S(=O)(=O)OC2=C(C(=O)OC(c3ccccc3)c3ccccc3)N3C(=O)C(NC(=O)COc4ccccc4)[C@H]3SC2)cc1. The Morgan fingerprint density at radius 3 is 2.04 bits per heavy atom. The zero-order valence-corrected chi connectivity index (χ0v) is 26.8. The van der Waals surface area contributed by atoms with Crippen molar-refractivity contribution in [1.29, 1.82) is 0 Å². The minimum absolute atomic E-state index is 0.0851. The van der Waals surface area contributed by atoms with Crippen molar-refractivity contribution in [3.05, 3.63) is 143 Å². The Hall–Kier alpha value is -5.07. The number of para-hydroxylation sites is 1. The number of fused-ring (bicyclic) bond motifs is 1. The van der Waals surface area contributed by atoms with Gasteiger partial charge in [0.1, 0.15) is 22.1 Å². The van der Waals surface area contributed by atoms with E-state index in [0.29, 0.717) is 16.9 Å². The molecule has 0 aliphatic carbocycles. The highest BCUT2D eigenvalue weighted by atomic mass is 32.2. The molecule has 4 aromatic carbocycles. The average Bonchev–Trinajstić information content (AvgIpc) is 3.09. The third kappa shape index (κ3) is 7.03. The Kier molecular flexibility index (Phi) is 9.32. The van der Waals surface area contributed by atoms with Gasteiger partial charge >= 0.3 is 16.1 Å². The number of hydrogen-bond donors (Lipinski definition) is 1. The summed E-state index contributed by atoms with van der Waals surface area (Å²) in [6, 6.07) is 31.9. The quantitative estimate of drug-likeness (QED) is 0.137. The highest BCUT2D eigenvalue weighted by molar-refractivity contribution is 8.00. The van der Waals surface area contributed by atoms with Crippen molar-refractivity contribution >= 4 is 39.7 Å². The maximum atomic E-state index is 14.1. The molecule has 10 nitrogen and oxygen atoms in total. The van der Waals surface area contributed by atoms with E-state index < -0.39 is 45.4 Å². The van der Waals surface area contributed by atoms with Crippen LogP contribution in [-0.4, -0.2) is 54.9 Å². The normalized spacial score (nSPS) is 17.4. The maximum Gasteiger partial charge on any atom is 0.359 e. The Labute approximate surface area is 276 Å². The van der Waals surface area contributed by atoms with Crippen LogP contribution in [0.1, 0.15) is 22.8 Å². The molecule has 6 rings (SSSR count). The molecule has 4 aromatic rings. The van der Waals surface area contributed by atoms with Crippen molar-refractivity contribution in [3.63, 3.8) is 0 Å². The topological polar surface area (TPSA) is 128 Å². The van der Waals surface area contributed by atoms with Crippen molar-refractivity contribution in [2.75, 3.05) is 12.4 Å². The fraction of sp³-hybridized carbons (Fsp3) is 0.171. The summed E-state index contributed by atoms with van der Waals surface area (Å²) in [5.74, 6) is -1.94. The molecule has 1 N–H and O–H groups in total. The predicted molar refractivity (Wildman–Crippen MR) is 174 cm³/mol. The van der Waals surface area contributed by atoms with Crippen LogP contribution < -0.4 is 10.1 Å². The number of amides is 2. The number of rotatable bonds is 11. The Bertz CT molecular complexity index is 1860. The smallest absolute Gasteiger partial charge is 0.359 e. The zero-order valence-electron chi connectivity index (χ0n) is 25.1. The number of benzene rings is 4. The zero-order chi connectivity index (χ0) is 33.0. The second-order valence-electron chi connectivity index (χ2n) is 10.8. The number of nitrogens with zero attached hydrogens (tertiary/aromatic N) is 1. The molecule has 0 saturated carbocycles. The van der Waals surface area contributed by atoms with E-state index in [0.717, 1.165) is 22.2 Å². The van der Waals surface area contributed by atoms with Gasteiger partial charge in [0.25, 0.3) is 11.8 Å². The van der Waals surface area contributed by atoms with Crippen LogP contribution in [0.4, 0.5) is 0 Å². The van der Waals surface area contributed by atoms with Gasteiger partial charge in [-0.15, -0.1) is 11.8 Å². The third-order valence-corrected chi connectivity index (χ3v) is 10.0. The number of ether oxygens (including phenoxy) is 2. The molecule has 1 unspecified atom stereocenters. The molecule has 2 heterocycles. The highest BCUT2D eigenvalue weighted by Crippen LogP contribution is 2.42. The first kappa shape index (κ1) is 31.9. The summed E-state index contributed by atoms with van der Waals surface area (Å²) in [4.78, 5) is 41.4. The number of nitrogens with one attached hydrogen (secondary N) is 1. The number of aryl methyl sites for hydroxylation is 1. The van der Waals surface area contributed by atoms with Crippen LogP contribution >= 0.6 is 11.8 Å². The van der Waals surface area contributed by atoms with Crippen LogP contribution in [0, 0.1) is 6.92 Å². The van der Waals surface area contributed by atoms with Gasteiger partial charge in [-0.3, -0.25) is 14.5 Å². The van der Waals surface area contributed by atoms with Crippen LogP contribution in [-0.2, 0) is 33.4 Å². The fourth-order valence-electron chi connectivity index (χ4n) is 5.16. The molecule has 1 fully saturated rings. The van der Waals surface area contributed by atoms with Gasteiger partial charge in [-0.05, 0) is 42.3 Å². The van der Waals surface area contributed by atoms with Gasteiger partial charge in [-0.1, -0.05) is 96.6 Å². The molecule has 0 radical (unpaired) electrons. The van der Waals surface area contributed by atoms with Gasteiger partial charge in [-0.2, -0.15) is 8.42 Å². The van der Waals surface area contributed by atoms with Gasteiger partial charge in [0.2, 0.25) is 0 Å². The first-order valence-corrected chi connectivity index (χ1v) is 17.1. The number of thioether (sulfide) groups is 1. The van der Waals surface area contributed by atoms with Gasteiger partial charge in [-0.25, -0.2) is 4.79 Å². The number of carbonyl (C=O) groups is 3. The van der Waals surface area contributed by atoms with Crippen molar-refractivity contribution < 1.29 is 36.5 Å². The van der Waals surface area contributed by atoms with Crippen LogP contribution in [0.15, 0.2) is 132 Å². The van der Waals surface area contributed by atoms with E-state index in [4.69, 9.17) is 13.7 Å². The standard InChI is InChI=1S/C35H30N2O8S2/c1-23-17-19-27(20-18-23)47(41,42)45-28-22-46-34-30(36-29(38)21-43-26-15-9-4-10-16-26)33(39)37(34)31(28)35(40)44-32(24-11-5-2-6-12-24)25-13-7-3-8-14-25/h2-20,30,32,34H,21-22H2,1H3,(H,36,38)/t30?,34-/m1/s1. The van der Waals surface area contributed by atoms with Gasteiger partial charge in [0.05, 0.1) is 5.75 Å². The van der Waals surface area contributed by atoms with E-state index >= 15 is 0 Å². The van der Waals surface area contributed by atoms with Gasteiger partial charge in [0.15, 0.2) is 24.2 Å². The van der Waals surface area contributed by atoms with Gasteiger partial charge < -0.3 is 19.0 Å². The lowest BCUT2D eigenvalue weighted by molar-refractivity contribution is -0.155. The molecule has 0 bridgehead atoms. The van der Waals surface area contributed by atoms with Crippen LogP contribution in [0.5, 0.6) is 5.75 Å². The van der Waals surface area contributed by atoms with Gasteiger partial charge in [0, 0.05) is 0 Å². The molecule has 47 heavy (non-hydrogen) atoms. The fourth-order valence-corrected chi connectivity index (χ4v) is 7.45. The lowest BCUT2D eigenvalue weighted by Crippen LogP contribution is -2.71. The molecule has 240 valence electrons. The molecular formula is C35H30N2O8S2. The molecule has 0 aromatic heterocycles. The number of carbonyl (C=O) groups excluding carboxylic acids is 3. The molecule has 2 amide bonds. The lowest BCUT2D eigenvalue weighted by Gasteiger charge is -2.49. The molecule has 2 atom stereocenters. The van der Waals surface area contributed by atoms with E-state index in [1.807, 2.05) is 49.4 Å². The first-order chi connectivity index (χ1) is 22.7. The number of esters is 1. The minimum atomic E-state index is -4.38. The van der Waals surface area contributed by atoms with Crippen molar-refractivity contribution in [3.8, 4) is 5.75 Å². The Balaban J connectivity index is 1.29. The van der Waals surface area contributed by atoms with E-state index in [1.54, 1.807) is 60.7 Å². The molecule has 2 aliphatic rings. The third-order valence-electron chi connectivity index (χ3n) is 7.51. The predicted octanol–water partition coefficient (Wildman–Crippen LogP) is 4.72. The van der Waals surface area contributed by atoms with Crippen molar-refractivity contribution in [1.82, 2.24) is 10.2 Å². The van der Waals surface area contributed by atoms with E-state index in [9.17, 15) is 22.8 Å². The monoisotopic (exact) mass is 670 g/mol. The number of β-lactam (4-membered cyclic amide) rings is 1. The van der Waals surface area contributed by atoms with Crippen LogP contribution in [0.25, 0.3) is 0 Å². The lowest BCUT2D eigenvalue weighted by atomic mass is 10.0. The maximum absolute atomic E-state index is 14.1. The van der Waals surface area contributed by atoms with Crippen LogP contribution in [0.3, 0.4) is 0 Å². The molecule has 2 aliphatic heterocycles. The minimum Gasteiger partial charge on any atom is -0.484 e. The number of hydrogen-bond acceptors (Lipinski definition) is 9. The molecule has 1 saturated heterocycles. The largest absolute Gasteiger partial charge is 0.484 e. The summed E-state index contributed by atoms with van der Waals surface area (Å²) in [5, 5.41) is 1.96. The first-order valence-electron chi connectivity index (χ1n) is 14.7. The summed E-state index contributed by atoms with van der Waals surface area (Å²) in [6.45, 7) is 1.50. The van der Waals surface area contributed by atoms with Crippen LogP contribution in [0.2, 0.25) is 0 Å². The van der Waals surface area contributed by atoms with E-state index in [1.165, 1.54) is 12.1 Å². The van der Waals surface area contributed by atoms with E-state index in [-0.39, 0.29) is 28.7 Å².